The van der Waals surface area contributed by atoms with Gasteiger partial charge in [-0.2, -0.15) is 0 Å². The number of halogens is 1. The predicted octanol–water partition coefficient (Wildman–Crippen LogP) is -1.02. The van der Waals surface area contributed by atoms with Crippen LogP contribution in [0.25, 0.3) is 0 Å². The van der Waals surface area contributed by atoms with Crippen LogP contribution < -0.4 is 21.2 Å². The molecule has 1 aliphatic carbocycles. The maximum atomic E-state index is 11.1. The van der Waals surface area contributed by atoms with Crippen molar-refractivity contribution < 1.29 is 41.0 Å². The van der Waals surface area contributed by atoms with Crippen LogP contribution in [-0.4, -0.2) is 26.1 Å². The molecule has 1 atom stereocenters. The van der Waals surface area contributed by atoms with Crippen LogP contribution in [0.1, 0.15) is 16.8 Å². The predicted molar refractivity (Wildman–Crippen MR) is 65.4 cm³/mol. The van der Waals surface area contributed by atoms with E-state index >= 15 is 0 Å². The second kappa shape index (κ2) is 6.01. The van der Waals surface area contributed by atoms with E-state index < -0.39 is 33.1 Å². The Kier molecular flexibility index (Phi) is 4.36. The van der Waals surface area contributed by atoms with E-state index in [1.807, 2.05) is 18.2 Å². The van der Waals surface area contributed by atoms with Gasteiger partial charge in [0.05, 0.1) is 0 Å². The number of rotatable bonds is 4. The summed E-state index contributed by atoms with van der Waals surface area (Å²) in [6.07, 6.45) is 5.87. The van der Waals surface area contributed by atoms with Gasteiger partial charge in [-0.3, -0.25) is 0 Å². The molecule has 0 aromatic heterocycles. The Morgan fingerprint density at radius 2 is 1.89 bits per heavy atom. The molecule has 0 heterocycles. The maximum absolute atomic E-state index is 11.1. The van der Waals surface area contributed by atoms with Crippen molar-refractivity contribution in [3.63, 3.8) is 0 Å². The Morgan fingerprint density at radius 1 is 1.16 bits per heavy atom. The van der Waals surface area contributed by atoms with Crippen LogP contribution in [-0.2, 0) is 4.79 Å². The molecule has 0 fully saturated rings. The van der Waals surface area contributed by atoms with Gasteiger partial charge in [-0.05, 0) is 0 Å². The fraction of sp³-hybridized carbons (Fsp3) is 0.143. The van der Waals surface area contributed by atoms with E-state index in [2.05, 4.69) is 0 Å². The van der Waals surface area contributed by atoms with Gasteiger partial charge in [0.2, 0.25) is 0 Å². The van der Waals surface area contributed by atoms with Gasteiger partial charge in [0.1, 0.15) is 0 Å². The van der Waals surface area contributed by atoms with Crippen molar-refractivity contribution in [3.05, 3.63) is 57.2 Å². The molecular weight excluding hydrogens is 359 g/mol. The van der Waals surface area contributed by atoms with Crippen molar-refractivity contribution in [2.75, 3.05) is 0 Å². The quantitative estimate of drug-likeness (QED) is 0.525. The van der Waals surface area contributed by atoms with Crippen molar-refractivity contribution in [3.8, 4) is 0 Å². The number of alkyl halides is 1. The van der Waals surface area contributed by atoms with Crippen LogP contribution in [0, 0.1) is 3.57 Å². The standard InChI is InChI=1S/C14H12IO4/c16-13(17)9-5-7-10(8-6-9)15-12-4-2-1-3-11(12)14(18)19/h1-7,10H,8H2,(H,16,17)(H,18,19)/q-1. The van der Waals surface area contributed by atoms with Crippen LogP contribution in [0.15, 0.2) is 48.1 Å². The first-order chi connectivity index (χ1) is 9.08. The second-order valence-electron chi connectivity index (χ2n) is 3.97. The molecule has 0 saturated carbocycles. The Hall–Kier alpha value is -1.63. The normalized spacial score (nSPS) is 18.1. The topological polar surface area (TPSA) is 74.6 Å². The molecule has 19 heavy (non-hydrogen) atoms. The summed E-state index contributed by atoms with van der Waals surface area (Å²) in [6, 6.07) is 7.02. The number of allylic oxidation sites excluding steroid dienone is 2. The molecule has 0 spiro atoms. The summed E-state index contributed by atoms with van der Waals surface area (Å²) in [5, 5.41) is 18.0. The number of benzene rings is 1. The number of carboxylic acids is 2. The van der Waals surface area contributed by atoms with E-state index in [0.717, 1.165) is 3.57 Å². The third-order valence-electron chi connectivity index (χ3n) is 2.66. The second-order valence-corrected chi connectivity index (χ2v) is 7.35. The third-order valence-corrected chi connectivity index (χ3v) is 5.99. The SMILES string of the molecule is O=C(O)C1=CCC([I-]c2ccccc2C(=O)O)C=C1. The first-order valence-electron chi connectivity index (χ1n) is 5.65. The molecule has 4 nitrogen and oxygen atoms in total. The minimum atomic E-state index is -0.918. The van der Waals surface area contributed by atoms with Gasteiger partial charge in [-0.15, -0.1) is 0 Å². The number of carboxylic acid groups (broad SMARTS) is 2. The van der Waals surface area contributed by atoms with Crippen LogP contribution in [0.3, 0.4) is 0 Å². The number of carbonyl (C=O) groups is 2. The van der Waals surface area contributed by atoms with E-state index in [4.69, 9.17) is 10.2 Å². The van der Waals surface area contributed by atoms with Crippen LogP contribution in [0.4, 0.5) is 0 Å². The van der Waals surface area contributed by atoms with Gasteiger partial charge >= 0.3 is 120 Å². The van der Waals surface area contributed by atoms with E-state index in [-0.39, 0.29) is 3.92 Å². The average molecular weight is 371 g/mol. The molecule has 0 aliphatic heterocycles. The fourth-order valence-corrected chi connectivity index (χ4v) is 4.66. The van der Waals surface area contributed by atoms with Crippen LogP contribution in [0.2, 0.25) is 0 Å². The molecule has 5 heteroatoms. The van der Waals surface area contributed by atoms with Crippen molar-refractivity contribution in [1.29, 1.82) is 0 Å². The Balaban J connectivity index is 2.11. The van der Waals surface area contributed by atoms with Crippen molar-refractivity contribution in [2.24, 2.45) is 0 Å². The summed E-state index contributed by atoms with van der Waals surface area (Å²) in [5.74, 6) is -1.82. The van der Waals surface area contributed by atoms with Gasteiger partial charge < -0.3 is 0 Å². The van der Waals surface area contributed by atoms with Gasteiger partial charge in [-0.25, -0.2) is 0 Å². The first-order valence-corrected chi connectivity index (χ1v) is 7.97. The summed E-state index contributed by atoms with van der Waals surface area (Å²) < 4.78 is 1.14. The fourth-order valence-electron chi connectivity index (χ4n) is 1.71. The summed E-state index contributed by atoms with van der Waals surface area (Å²) >= 11 is -0.494. The van der Waals surface area contributed by atoms with Gasteiger partial charge in [-0.1, -0.05) is 0 Å². The molecule has 0 amide bonds. The first kappa shape index (κ1) is 13.8. The molecule has 0 bridgehead atoms. The molecule has 100 valence electrons. The van der Waals surface area contributed by atoms with Gasteiger partial charge in [0.25, 0.3) is 0 Å². The summed E-state index contributed by atoms with van der Waals surface area (Å²) in [5.41, 5.74) is 0.670. The van der Waals surface area contributed by atoms with E-state index in [1.54, 1.807) is 24.3 Å². The monoisotopic (exact) mass is 371 g/mol. The zero-order chi connectivity index (χ0) is 13.8. The van der Waals surface area contributed by atoms with Crippen LogP contribution >= 0.6 is 0 Å². The average Bonchev–Trinajstić information content (AvgIpc) is 2.39. The van der Waals surface area contributed by atoms with Crippen molar-refractivity contribution in [2.45, 2.75) is 10.3 Å². The van der Waals surface area contributed by atoms with Gasteiger partial charge in [0, 0.05) is 0 Å². The van der Waals surface area contributed by atoms with Gasteiger partial charge in [0.15, 0.2) is 0 Å². The molecule has 2 rings (SSSR count). The molecule has 0 radical (unpaired) electrons. The Morgan fingerprint density at radius 3 is 2.47 bits per heavy atom. The summed E-state index contributed by atoms with van der Waals surface area (Å²) in [7, 11) is 0. The Bertz CT molecular complexity index is 575. The van der Waals surface area contributed by atoms with Crippen LogP contribution in [0.5, 0.6) is 0 Å². The number of aliphatic carboxylic acids is 1. The third kappa shape index (κ3) is 3.44. The number of aromatic carboxylic acids is 1. The number of hydrogen-bond acceptors (Lipinski definition) is 2. The Labute approximate surface area is 120 Å². The zero-order valence-electron chi connectivity index (χ0n) is 9.91. The molecule has 1 aromatic carbocycles. The van der Waals surface area contributed by atoms with Crippen molar-refractivity contribution >= 4 is 11.9 Å². The molecule has 1 unspecified atom stereocenters. The number of hydrogen-bond donors (Lipinski definition) is 2. The summed E-state index contributed by atoms with van der Waals surface area (Å²) in [6.45, 7) is 0. The summed E-state index contributed by atoms with van der Waals surface area (Å²) in [4.78, 5) is 21.9. The minimum absolute atomic E-state index is 0.252. The molecule has 1 aliphatic rings. The van der Waals surface area contributed by atoms with E-state index in [9.17, 15) is 9.59 Å². The molecule has 2 N–H and O–H groups in total. The zero-order valence-corrected chi connectivity index (χ0v) is 12.1. The molecule has 1 aromatic rings. The molecule has 0 saturated heterocycles. The van der Waals surface area contributed by atoms with E-state index in [1.165, 1.54) is 0 Å². The molecular formula is C14H12IO4-. The van der Waals surface area contributed by atoms with E-state index in [0.29, 0.717) is 17.6 Å². The van der Waals surface area contributed by atoms with Crippen molar-refractivity contribution in [1.82, 2.24) is 0 Å².